The van der Waals surface area contributed by atoms with Gasteiger partial charge in [-0.05, 0) is 12.8 Å². The number of hydrogen-bond donors (Lipinski definition) is 3. The van der Waals surface area contributed by atoms with Crippen LogP contribution in [-0.4, -0.2) is 27.2 Å². The number of aliphatic hydroxyl groups excluding tert-OH is 1. The molecule has 0 amide bonds. The zero-order valence-electron chi connectivity index (χ0n) is 20.1. The Morgan fingerprint density at radius 1 is 0.367 bits per heavy atom. The van der Waals surface area contributed by atoms with Crippen molar-refractivity contribution in [3.8, 4) is 0 Å². The number of rotatable bonds is 0. The highest BCUT2D eigenvalue weighted by atomic mass is 16.5. The number of hydrogen-bond acceptors (Lipinski definition) is 3. The Kier molecular flexibility index (Phi) is 18.2. The first-order valence-corrected chi connectivity index (χ1v) is 13.8. The van der Waals surface area contributed by atoms with Gasteiger partial charge in [0.15, 0.2) is 5.79 Å². The lowest BCUT2D eigenvalue weighted by Crippen LogP contribution is -2.42. The summed E-state index contributed by atoms with van der Waals surface area (Å²) in [6.07, 6.45) is 29.5. The average molecular weight is 427 g/mol. The highest BCUT2D eigenvalue weighted by molar-refractivity contribution is 4.75. The molecule has 0 heterocycles. The van der Waals surface area contributed by atoms with Gasteiger partial charge in [0.05, 0.1) is 0 Å². The van der Waals surface area contributed by atoms with Crippen LogP contribution in [0.2, 0.25) is 0 Å². The van der Waals surface area contributed by atoms with Gasteiger partial charge in [-0.1, -0.05) is 141 Å². The largest absolute Gasteiger partial charge is 0.388 e. The molecule has 180 valence electrons. The second-order valence-electron chi connectivity index (χ2n) is 10.1. The minimum atomic E-state index is -1.90. The van der Waals surface area contributed by atoms with Crippen molar-refractivity contribution < 1.29 is 15.3 Å². The highest BCUT2D eigenvalue weighted by Gasteiger charge is 2.31. The zero-order valence-corrected chi connectivity index (χ0v) is 20.1. The molecule has 0 bridgehead atoms. The summed E-state index contributed by atoms with van der Waals surface area (Å²) < 4.78 is 0. The lowest BCUT2D eigenvalue weighted by molar-refractivity contribution is -0.230. The average Bonchev–Trinajstić information content (AvgIpc) is 2.72. The number of aliphatic hydroxyl groups is 3. The fraction of sp³-hybridized carbons (Fsp3) is 1.00. The van der Waals surface area contributed by atoms with E-state index in [1.165, 1.54) is 122 Å². The van der Waals surface area contributed by atoms with Crippen LogP contribution in [0, 0.1) is 0 Å². The van der Waals surface area contributed by atoms with E-state index in [-0.39, 0.29) is 0 Å². The van der Waals surface area contributed by atoms with E-state index in [0.717, 1.165) is 25.7 Å². The van der Waals surface area contributed by atoms with Gasteiger partial charge in [0, 0.05) is 6.42 Å². The van der Waals surface area contributed by atoms with Crippen molar-refractivity contribution in [2.24, 2.45) is 0 Å². The van der Waals surface area contributed by atoms with Gasteiger partial charge < -0.3 is 15.3 Å². The normalized spacial score (nSPS) is 27.1. The third-order valence-corrected chi connectivity index (χ3v) is 7.06. The van der Waals surface area contributed by atoms with E-state index in [9.17, 15) is 15.3 Å². The van der Waals surface area contributed by atoms with E-state index < -0.39 is 11.9 Å². The van der Waals surface area contributed by atoms with Crippen LogP contribution < -0.4 is 0 Å². The Morgan fingerprint density at radius 3 is 0.900 bits per heavy atom. The van der Waals surface area contributed by atoms with E-state index in [0.29, 0.717) is 12.8 Å². The summed E-state index contributed by atoms with van der Waals surface area (Å²) in [5.74, 6) is -1.90. The van der Waals surface area contributed by atoms with Crippen molar-refractivity contribution in [3.05, 3.63) is 0 Å². The molecule has 30 heavy (non-hydrogen) atoms. The molecular formula is C27H54O3. The maximum atomic E-state index is 10.2. The topological polar surface area (TPSA) is 60.7 Å². The van der Waals surface area contributed by atoms with Gasteiger partial charge in [0.2, 0.25) is 0 Å². The molecule has 0 spiro atoms. The van der Waals surface area contributed by atoms with E-state index in [1.807, 2.05) is 0 Å². The fourth-order valence-corrected chi connectivity index (χ4v) is 4.83. The summed E-state index contributed by atoms with van der Waals surface area (Å²) in [6, 6.07) is 0. The van der Waals surface area contributed by atoms with Gasteiger partial charge in [-0.2, -0.15) is 0 Å². The fourth-order valence-electron chi connectivity index (χ4n) is 4.83. The standard InChI is InChI=1S/C27H54O3/c28-26-24-22-20-18-16-14-12-10-8-6-4-2-1-3-5-7-9-11-13-15-17-19-21-23-25-27(26,29)30/h26,28-30H,1-25H2. The van der Waals surface area contributed by atoms with Gasteiger partial charge in [0.1, 0.15) is 6.10 Å². The van der Waals surface area contributed by atoms with E-state index >= 15 is 0 Å². The molecule has 0 saturated heterocycles. The SMILES string of the molecule is OC1CCCCCCCCCCCCCCCCCCCCCCCCCC1(O)O. The van der Waals surface area contributed by atoms with Gasteiger partial charge in [-0.25, -0.2) is 0 Å². The molecule has 1 atom stereocenters. The Bertz CT molecular complexity index is 356. The van der Waals surface area contributed by atoms with Gasteiger partial charge in [0.25, 0.3) is 0 Å². The first-order valence-electron chi connectivity index (χ1n) is 13.8. The Labute approximate surface area is 188 Å². The van der Waals surface area contributed by atoms with Crippen LogP contribution in [0.15, 0.2) is 0 Å². The van der Waals surface area contributed by atoms with Crippen molar-refractivity contribution in [2.75, 3.05) is 0 Å². The molecule has 1 unspecified atom stereocenters. The van der Waals surface area contributed by atoms with Crippen LogP contribution in [0.5, 0.6) is 0 Å². The van der Waals surface area contributed by atoms with E-state index in [4.69, 9.17) is 0 Å². The quantitative estimate of drug-likeness (QED) is 0.346. The molecule has 0 aromatic carbocycles. The molecule has 1 saturated carbocycles. The third kappa shape index (κ3) is 16.6. The lowest BCUT2D eigenvalue weighted by atomic mass is 9.96. The third-order valence-electron chi connectivity index (χ3n) is 7.06. The van der Waals surface area contributed by atoms with Crippen LogP contribution in [0.3, 0.4) is 0 Å². The Morgan fingerprint density at radius 2 is 0.600 bits per heavy atom. The first kappa shape index (κ1) is 27.9. The van der Waals surface area contributed by atoms with Gasteiger partial charge in [-0.15, -0.1) is 0 Å². The van der Waals surface area contributed by atoms with Gasteiger partial charge in [-0.3, -0.25) is 0 Å². The molecule has 1 aliphatic rings. The molecule has 0 radical (unpaired) electrons. The Hall–Kier alpha value is -0.120. The zero-order chi connectivity index (χ0) is 21.8. The Balaban J connectivity index is 2.20. The maximum absolute atomic E-state index is 10.2. The van der Waals surface area contributed by atoms with Crippen LogP contribution in [0.1, 0.15) is 161 Å². The molecule has 3 nitrogen and oxygen atoms in total. The predicted molar refractivity (Wildman–Crippen MR) is 129 cm³/mol. The monoisotopic (exact) mass is 426 g/mol. The lowest BCUT2D eigenvalue weighted by Gasteiger charge is -2.27. The summed E-state index contributed by atoms with van der Waals surface area (Å²) in [4.78, 5) is 0. The van der Waals surface area contributed by atoms with Crippen molar-refractivity contribution in [1.82, 2.24) is 0 Å². The van der Waals surface area contributed by atoms with E-state index in [2.05, 4.69) is 0 Å². The first-order chi connectivity index (χ1) is 14.6. The summed E-state index contributed by atoms with van der Waals surface area (Å²) in [5.41, 5.74) is 0. The summed E-state index contributed by atoms with van der Waals surface area (Å²) in [7, 11) is 0. The molecule has 1 fully saturated rings. The summed E-state index contributed by atoms with van der Waals surface area (Å²) in [5, 5.41) is 30.5. The van der Waals surface area contributed by atoms with Crippen molar-refractivity contribution in [3.63, 3.8) is 0 Å². The van der Waals surface area contributed by atoms with Crippen LogP contribution in [0.4, 0.5) is 0 Å². The molecule has 1 rings (SSSR count). The van der Waals surface area contributed by atoms with Crippen molar-refractivity contribution >= 4 is 0 Å². The molecule has 0 aliphatic heterocycles. The van der Waals surface area contributed by atoms with E-state index in [1.54, 1.807) is 0 Å². The van der Waals surface area contributed by atoms with Gasteiger partial charge >= 0.3 is 0 Å². The minimum absolute atomic E-state index is 0.300. The van der Waals surface area contributed by atoms with Crippen molar-refractivity contribution in [1.29, 1.82) is 0 Å². The molecule has 0 aromatic rings. The van der Waals surface area contributed by atoms with Crippen LogP contribution >= 0.6 is 0 Å². The maximum Gasteiger partial charge on any atom is 0.189 e. The molecular weight excluding hydrogens is 372 g/mol. The summed E-state index contributed by atoms with van der Waals surface area (Å²) in [6.45, 7) is 0. The van der Waals surface area contributed by atoms with Crippen LogP contribution in [0.25, 0.3) is 0 Å². The molecule has 3 heteroatoms. The summed E-state index contributed by atoms with van der Waals surface area (Å²) >= 11 is 0. The molecule has 0 aromatic heterocycles. The molecule has 3 N–H and O–H groups in total. The minimum Gasteiger partial charge on any atom is -0.388 e. The van der Waals surface area contributed by atoms with Crippen LogP contribution in [-0.2, 0) is 0 Å². The predicted octanol–water partition coefficient (Wildman–Crippen LogP) is 7.79. The van der Waals surface area contributed by atoms with Crippen molar-refractivity contribution in [2.45, 2.75) is 172 Å². The smallest absolute Gasteiger partial charge is 0.189 e. The second kappa shape index (κ2) is 19.6. The molecule has 1 aliphatic carbocycles. The highest BCUT2D eigenvalue weighted by Crippen LogP contribution is 2.22. The second-order valence-corrected chi connectivity index (χ2v) is 10.1.